The Morgan fingerprint density at radius 1 is 0.881 bits per heavy atom. The summed E-state index contributed by atoms with van der Waals surface area (Å²) in [6, 6.07) is 20.8. The largest absolute Gasteiger partial charge is 0.457 e. The van der Waals surface area contributed by atoms with Crippen molar-refractivity contribution < 1.29 is 27.8 Å². The molecule has 1 aromatic heterocycles. The molecule has 42 heavy (non-hydrogen) atoms. The normalized spacial score (nSPS) is 14.8. The Morgan fingerprint density at radius 3 is 2.17 bits per heavy atom. The quantitative estimate of drug-likeness (QED) is 0.157. The molecule has 0 saturated carbocycles. The second-order valence-electron chi connectivity index (χ2n) is 9.78. The Morgan fingerprint density at radius 2 is 1.55 bits per heavy atom. The van der Waals surface area contributed by atoms with Crippen molar-refractivity contribution in [3.8, 4) is 17.2 Å². The van der Waals surface area contributed by atoms with Gasteiger partial charge in [-0.05, 0) is 59.7 Å². The molecule has 2 aliphatic rings. The molecule has 212 valence electrons. The molecule has 4 aromatic rings. The Bertz CT molecular complexity index is 1580. The minimum absolute atomic E-state index is 0.163. The van der Waals surface area contributed by atoms with E-state index in [0.717, 1.165) is 11.1 Å². The summed E-state index contributed by atoms with van der Waals surface area (Å²) in [4.78, 5) is 21.1. The number of pyridine rings is 1. The van der Waals surface area contributed by atoms with Gasteiger partial charge in [0.25, 0.3) is 0 Å². The molecule has 0 bridgehead atoms. The van der Waals surface area contributed by atoms with E-state index < -0.39 is 5.97 Å². The summed E-state index contributed by atoms with van der Waals surface area (Å²) in [5.74, 6) is 0.402. The molecule has 1 fully saturated rings. The summed E-state index contributed by atoms with van der Waals surface area (Å²) in [5.41, 5.74) is 2.18. The maximum Gasteiger partial charge on any atom is 0.345 e. The van der Waals surface area contributed by atoms with E-state index in [0.29, 0.717) is 59.7 Å². The van der Waals surface area contributed by atoms with E-state index in [9.17, 15) is 13.6 Å². The van der Waals surface area contributed by atoms with Gasteiger partial charge in [-0.1, -0.05) is 36.5 Å². The molecule has 0 N–H and O–H groups in total. The zero-order valence-electron chi connectivity index (χ0n) is 22.3. The Kier molecular flexibility index (Phi) is 7.89. The van der Waals surface area contributed by atoms with Gasteiger partial charge in [0.05, 0.1) is 11.6 Å². The number of halogens is 2. The molecule has 1 saturated heterocycles. The minimum atomic E-state index is -0.530. The van der Waals surface area contributed by atoms with E-state index in [2.05, 4.69) is 9.88 Å². The number of ether oxygens (including phenoxy) is 3. The number of aromatic nitrogens is 1. The van der Waals surface area contributed by atoms with Crippen molar-refractivity contribution in [3.63, 3.8) is 0 Å². The Hall–Kier alpha value is -4.67. The molecule has 0 radical (unpaired) electrons. The fourth-order valence-corrected chi connectivity index (χ4v) is 5.25. The highest BCUT2D eigenvalue weighted by Gasteiger charge is 2.30. The third-order valence-corrected chi connectivity index (χ3v) is 7.54. The maximum atomic E-state index is 13.7. The molecule has 0 unspecified atom stereocenters. The summed E-state index contributed by atoms with van der Waals surface area (Å²) in [6.07, 6.45) is 4.46. The van der Waals surface area contributed by atoms with E-state index in [4.69, 9.17) is 26.4 Å². The average Bonchev–Trinajstić information content (AvgIpc) is 3.03. The molecular formula is C32H25F2N3O4S. The maximum absolute atomic E-state index is 13.7. The molecule has 6 rings (SSSR count). The second kappa shape index (κ2) is 12.1. The van der Waals surface area contributed by atoms with Crippen molar-refractivity contribution in [1.29, 1.82) is 0 Å². The number of hydrogen-bond donors (Lipinski definition) is 0. The summed E-state index contributed by atoms with van der Waals surface area (Å²) < 4.78 is 44.6. The molecule has 2 aliphatic heterocycles. The highest BCUT2D eigenvalue weighted by Crippen LogP contribution is 2.37. The first-order valence-electron chi connectivity index (χ1n) is 13.3. The third-order valence-electron chi connectivity index (χ3n) is 7.08. The number of benzene rings is 3. The number of thiocarbonyl (C=S) groups is 1. The first-order chi connectivity index (χ1) is 20.4. The van der Waals surface area contributed by atoms with E-state index in [1.54, 1.807) is 60.8 Å². The van der Waals surface area contributed by atoms with E-state index >= 15 is 0 Å². The second-order valence-corrected chi connectivity index (χ2v) is 10.2. The van der Waals surface area contributed by atoms with E-state index in [1.165, 1.54) is 36.7 Å². The standard InChI is InChI=1S/C32H25F2N3O4S/c33-24-7-3-21(4-8-24)30(22-5-9-25(34)10-6-22)36-14-16-37(17-15-36)31(42)29-20-39-28-18-26(11-12-27(28)41-29)40-32(38)23-2-1-13-35-19-23/h1-13,18-20,30H,14-17H2. The lowest BCUT2D eigenvalue weighted by Crippen LogP contribution is -2.50. The lowest BCUT2D eigenvalue weighted by molar-refractivity contribution is 0.0734. The van der Waals surface area contributed by atoms with Crippen molar-refractivity contribution in [1.82, 2.24) is 14.8 Å². The lowest BCUT2D eigenvalue weighted by Gasteiger charge is -2.41. The van der Waals surface area contributed by atoms with Crippen molar-refractivity contribution in [2.45, 2.75) is 6.04 Å². The van der Waals surface area contributed by atoms with Crippen LogP contribution >= 0.6 is 12.2 Å². The number of rotatable bonds is 6. The number of carbonyl (C=O) groups excluding carboxylic acids is 1. The molecule has 7 nitrogen and oxygen atoms in total. The molecule has 3 aromatic carbocycles. The molecule has 0 atom stereocenters. The number of hydrogen-bond acceptors (Lipinski definition) is 7. The number of piperazine rings is 1. The molecule has 0 amide bonds. The number of esters is 1. The highest BCUT2D eigenvalue weighted by molar-refractivity contribution is 7.80. The van der Waals surface area contributed by atoms with Crippen LogP contribution in [0, 0.1) is 11.6 Å². The summed E-state index contributed by atoms with van der Waals surface area (Å²) in [5, 5.41) is 0. The predicted molar refractivity (Wildman–Crippen MR) is 155 cm³/mol. The molecular weight excluding hydrogens is 560 g/mol. The number of nitrogens with zero attached hydrogens (tertiary/aromatic N) is 3. The highest BCUT2D eigenvalue weighted by atomic mass is 32.1. The SMILES string of the molecule is O=C(Oc1ccc2c(c1)OC=C(C(=S)N1CCN(C(c3ccc(F)cc3)c3ccc(F)cc3)CC1)O2)c1cccnc1. The van der Waals surface area contributed by atoms with Crippen LogP contribution in [0.15, 0.2) is 103 Å². The van der Waals surface area contributed by atoms with Crippen LogP contribution in [-0.4, -0.2) is 51.9 Å². The Labute approximate surface area is 246 Å². The molecule has 0 spiro atoms. The molecule has 0 aliphatic carbocycles. The van der Waals surface area contributed by atoms with Gasteiger partial charge in [0.15, 0.2) is 17.3 Å². The third kappa shape index (κ3) is 6.00. The van der Waals surface area contributed by atoms with Crippen molar-refractivity contribution in [3.05, 3.63) is 132 Å². The van der Waals surface area contributed by atoms with Crippen LogP contribution in [0.1, 0.15) is 27.5 Å². The van der Waals surface area contributed by atoms with Gasteiger partial charge in [0.1, 0.15) is 28.6 Å². The zero-order chi connectivity index (χ0) is 29.1. The van der Waals surface area contributed by atoms with Crippen molar-refractivity contribution in [2.24, 2.45) is 0 Å². The van der Waals surface area contributed by atoms with Crippen LogP contribution in [0.4, 0.5) is 8.78 Å². The van der Waals surface area contributed by atoms with Crippen LogP contribution in [0.5, 0.6) is 17.2 Å². The number of fused-ring (bicyclic) bond motifs is 1. The Balaban J connectivity index is 1.10. The van der Waals surface area contributed by atoms with Crippen LogP contribution in [-0.2, 0) is 0 Å². The average molecular weight is 586 g/mol. The van der Waals surface area contributed by atoms with Gasteiger partial charge in [-0.15, -0.1) is 0 Å². The minimum Gasteiger partial charge on any atom is -0.457 e. The zero-order valence-corrected chi connectivity index (χ0v) is 23.1. The van der Waals surface area contributed by atoms with Crippen LogP contribution in [0.25, 0.3) is 0 Å². The van der Waals surface area contributed by atoms with Gasteiger partial charge in [-0.3, -0.25) is 9.88 Å². The number of carbonyl (C=O) groups is 1. The summed E-state index contributed by atoms with van der Waals surface area (Å²) >= 11 is 5.76. The lowest BCUT2D eigenvalue weighted by atomic mass is 9.96. The van der Waals surface area contributed by atoms with Gasteiger partial charge in [-0.25, -0.2) is 13.6 Å². The fourth-order valence-electron chi connectivity index (χ4n) is 4.97. The first-order valence-corrected chi connectivity index (χ1v) is 13.7. The van der Waals surface area contributed by atoms with Crippen LogP contribution < -0.4 is 14.2 Å². The van der Waals surface area contributed by atoms with Gasteiger partial charge in [0.2, 0.25) is 0 Å². The topological polar surface area (TPSA) is 64.1 Å². The summed E-state index contributed by atoms with van der Waals surface area (Å²) in [6.45, 7) is 2.56. The van der Waals surface area contributed by atoms with Crippen LogP contribution in [0.3, 0.4) is 0 Å². The molecule has 3 heterocycles. The first kappa shape index (κ1) is 27.5. The fraction of sp³-hybridized carbons (Fsp3) is 0.156. The van der Waals surface area contributed by atoms with Crippen molar-refractivity contribution >= 4 is 23.2 Å². The van der Waals surface area contributed by atoms with Gasteiger partial charge in [-0.2, -0.15) is 0 Å². The van der Waals surface area contributed by atoms with Gasteiger partial charge < -0.3 is 19.1 Å². The van der Waals surface area contributed by atoms with Crippen molar-refractivity contribution in [2.75, 3.05) is 26.2 Å². The predicted octanol–water partition coefficient (Wildman–Crippen LogP) is 5.93. The summed E-state index contributed by atoms with van der Waals surface area (Å²) in [7, 11) is 0. The van der Waals surface area contributed by atoms with E-state index in [-0.39, 0.29) is 17.7 Å². The molecule has 10 heteroatoms. The van der Waals surface area contributed by atoms with Gasteiger partial charge in [0, 0.05) is 44.6 Å². The van der Waals surface area contributed by atoms with Crippen LogP contribution in [0.2, 0.25) is 0 Å². The smallest absolute Gasteiger partial charge is 0.345 e. The monoisotopic (exact) mass is 585 g/mol. The van der Waals surface area contributed by atoms with Gasteiger partial charge >= 0.3 is 5.97 Å². The van der Waals surface area contributed by atoms with E-state index in [1.807, 2.05) is 4.90 Å².